The van der Waals surface area contributed by atoms with E-state index in [1.807, 2.05) is 18.2 Å². The van der Waals surface area contributed by atoms with Crippen molar-refractivity contribution in [1.82, 2.24) is 20.3 Å². The number of fused-ring (bicyclic) bond motifs is 1. The van der Waals surface area contributed by atoms with Gasteiger partial charge in [-0.05, 0) is 23.3 Å². The summed E-state index contributed by atoms with van der Waals surface area (Å²) in [5.41, 5.74) is 2.82. The van der Waals surface area contributed by atoms with E-state index < -0.39 is 5.97 Å². The van der Waals surface area contributed by atoms with Crippen molar-refractivity contribution < 1.29 is 14.7 Å². The standard InChI is InChI=1S/C15H16N4O3S/c20-13(21)9-19-8-11(17-18-19)7-16-15(22)14-12-4-2-1-3-10(12)5-6-23-14/h1-4,8,14H,5-7,9H2,(H,16,22)(H,20,21). The van der Waals surface area contributed by atoms with Crippen LogP contribution in [0.25, 0.3) is 0 Å². The minimum atomic E-state index is -0.985. The minimum Gasteiger partial charge on any atom is -0.480 e. The number of carbonyl (C=O) groups is 2. The normalized spacial score (nSPS) is 16.6. The van der Waals surface area contributed by atoms with E-state index in [9.17, 15) is 9.59 Å². The molecule has 0 saturated carbocycles. The van der Waals surface area contributed by atoms with E-state index in [1.54, 1.807) is 11.8 Å². The molecule has 1 atom stereocenters. The average Bonchev–Trinajstić information content (AvgIpc) is 2.98. The molecule has 2 aromatic rings. The van der Waals surface area contributed by atoms with Crippen LogP contribution in [0.2, 0.25) is 0 Å². The molecule has 0 bridgehead atoms. The summed E-state index contributed by atoms with van der Waals surface area (Å²) in [6, 6.07) is 7.99. The van der Waals surface area contributed by atoms with Crippen molar-refractivity contribution in [3.63, 3.8) is 0 Å². The molecule has 120 valence electrons. The molecule has 2 N–H and O–H groups in total. The van der Waals surface area contributed by atoms with Crippen molar-refractivity contribution in [2.45, 2.75) is 24.8 Å². The molecular formula is C15H16N4O3S. The van der Waals surface area contributed by atoms with Crippen LogP contribution in [-0.4, -0.2) is 37.7 Å². The Bertz CT molecular complexity index is 731. The Morgan fingerprint density at radius 2 is 2.22 bits per heavy atom. The van der Waals surface area contributed by atoms with Gasteiger partial charge in [-0.1, -0.05) is 29.5 Å². The Morgan fingerprint density at radius 3 is 3.04 bits per heavy atom. The Morgan fingerprint density at radius 1 is 1.39 bits per heavy atom. The number of aromatic nitrogens is 3. The summed E-state index contributed by atoms with van der Waals surface area (Å²) in [5.74, 6) is -0.125. The van der Waals surface area contributed by atoms with Crippen LogP contribution >= 0.6 is 11.8 Å². The number of benzene rings is 1. The van der Waals surface area contributed by atoms with E-state index in [0.717, 1.165) is 17.7 Å². The van der Waals surface area contributed by atoms with Crippen molar-refractivity contribution in [1.29, 1.82) is 0 Å². The van der Waals surface area contributed by atoms with Gasteiger partial charge in [0, 0.05) is 0 Å². The predicted molar refractivity (Wildman–Crippen MR) is 84.8 cm³/mol. The molecule has 1 amide bonds. The monoisotopic (exact) mass is 332 g/mol. The Labute approximate surface area is 137 Å². The van der Waals surface area contributed by atoms with Gasteiger partial charge in [0.05, 0.1) is 12.7 Å². The van der Waals surface area contributed by atoms with Gasteiger partial charge in [0.15, 0.2) is 0 Å². The first kappa shape index (κ1) is 15.5. The molecule has 8 heteroatoms. The van der Waals surface area contributed by atoms with Gasteiger partial charge in [-0.15, -0.1) is 16.9 Å². The minimum absolute atomic E-state index is 0.0602. The molecule has 1 unspecified atom stereocenters. The van der Waals surface area contributed by atoms with E-state index in [2.05, 4.69) is 21.7 Å². The van der Waals surface area contributed by atoms with Gasteiger partial charge in [-0.25, -0.2) is 4.68 Å². The number of hydrogen-bond donors (Lipinski definition) is 2. The van der Waals surface area contributed by atoms with Crippen LogP contribution < -0.4 is 5.32 Å². The zero-order valence-corrected chi connectivity index (χ0v) is 13.1. The van der Waals surface area contributed by atoms with Crippen LogP contribution in [-0.2, 0) is 29.1 Å². The third-order valence-corrected chi connectivity index (χ3v) is 4.80. The van der Waals surface area contributed by atoms with Crippen molar-refractivity contribution in [3.05, 3.63) is 47.3 Å². The lowest BCUT2D eigenvalue weighted by atomic mass is 10.0. The van der Waals surface area contributed by atoms with E-state index in [1.165, 1.54) is 16.4 Å². The zero-order valence-electron chi connectivity index (χ0n) is 12.3. The number of aryl methyl sites for hydroxylation is 1. The number of hydrogen-bond acceptors (Lipinski definition) is 5. The Balaban J connectivity index is 1.62. The average molecular weight is 332 g/mol. The second-order valence-corrected chi connectivity index (χ2v) is 6.43. The first-order chi connectivity index (χ1) is 11.1. The highest BCUT2D eigenvalue weighted by molar-refractivity contribution is 8.00. The second kappa shape index (κ2) is 6.82. The highest BCUT2D eigenvalue weighted by atomic mass is 32.2. The molecule has 0 radical (unpaired) electrons. The SMILES string of the molecule is O=C(O)Cn1cc(CNC(=O)C2SCCc3ccccc32)nn1. The maximum atomic E-state index is 12.4. The van der Waals surface area contributed by atoms with Gasteiger partial charge < -0.3 is 10.4 Å². The van der Waals surface area contributed by atoms with Crippen molar-refractivity contribution >= 4 is 23.6 Å². The predicted octanol–water partition coefficient (Wildman–Crippen LogP) is 1.01. The van der Waals surface area contributed by atoms with Crippen LogP contribution in [0, 0.1) is 0 Å². The Kier molecular flexibility index (Phi) is 4.61. The van der Waals surface area contributed by atoms with Gasteiger partial charge >= 0.3 is 5.97 Å². The molecule has 23 heavy (non-hydrogen) atoms. The molecule has 3 rings (SSSR count). The van der Waals surface area contributed by atoms with Crippen LogP contribution in [0.1, 0.15) is 22.1 Å². The largest absolute Gasteiger partial charge is 0.480 e. The number of amides is 1. The molecule has 0 spiro atoms. The molecule has 1 aliphatic heterocycles. The number of carbonyl (C=O) groups excluding carboxylic acids is 1. The zero-order chi connectivity index (χ0) is 16.2. The number of carboxylic acid groups (broad SMARTS) is 1. The van der Waals surface area contributed by atoms with Crippen molar-refractivity contribution in [2.75, 3.05) is 5.75 Å². The maximum Gasteiger partial charge on any atom is 0.325 e. The molecule has 1 aromatic carbocycles. The topological polar surface area (TPSA) is 97.1 Å². The van der Waals surface area contributed by atoms with Crippen LogP contribution in [0.4, 0.5) is 0 Å². The molecule has 1 aliphatic rings. The number of nitrogens with zero attached hydrogens (tertiary/aromatic N) is 3. The number of rotatable bonds is 5. The Hall–Kier alpha value is -2.35. The molecule has 1 aromatic heterocycles. The van der Waals surface area contributed by atoms with Gasteiger partial charge in [0.25, 0.3) is 0 Å². The number of carboxylic acids is 1. The maximum absolute atomic E-state index is 12.4. The fourth-order valence-electron chi connectivity index (χ4n) is 2.52. The summed E-state index contributed by atoms with van der Waals surface area (Å²) >= 11 is 1.63. The molecule has 0 saturated heterocycles. The summed E-state index contributed by atoms with van der Waals surface area (Å²) in [5, 5.41) is 18.9. The molecule has 0 fully saturated rings. The summed E-state index contributed by atoms with van der Waals surface area (Å²) in [7, 11) is 0. The van der Waals surface area contributed by atoms with Gasteiger partial charge in [-0.3, -0.25) is 9.59 Å². The second-order valence-electron chi connectivity index (χ2n) is 5.22. The fourth-order valence-corrected chi connectivity index (χ4v) is 3.73. The summed E-state index contributed by atoms with van der Waals surface area (Å²) < 4.78 is 1.23. The third-order valence-electron chi connectivity index (χ3n) is 3.56. The third kappa shape index (κ3) is 3.70. The van der Waals surface area contributed by atoms with E-state index in [0.29, 0.717) is 5.69 Å². The van der Waals surface area contributed by atoms with Crippen molar-refractivity contribution in [2.24, 2.45) is 0 Å². The first-order valence-electron chi connectivity index (χ1n) is 7.21. The lowest BCUT2D eigenvalue weighted by molar-refractivity contribution is -0.138. The number of nitrogens with one attached hydrogen (secondary N) is 1. The summed E-state index contributed by atoms with van der Waals surface area (Å²) in [6.07, 6.45) is 2.50. The van der Waals surface area contributed by atoms with Crippen LogP contribution in [0.3, 0.4) is 0 Å². The molecule has 2 heterocycles. The van der Waals surface area contributed by atoms with E-state index in [-0.39, 0.29) is 24.2 Å². The van der Waals surface area contributed by atoms with E-state index in [4.69, 9.17) is 5.11 Å². The molecular weight excluding hydrogens is 316 g/mol. The highest BCUT2D eigenvalue weighted by Gasteiger charge is 2.26. The smallest absolute Gasteiger partial charge is 0.325 e. The van der Waals surface area contributed by atoms with Gasteiger partial charge in [0.1, 0.15) is 17.5 Å². The lowest BCUT2D eigenvalue weighted by Crippen LogP contribution is -2.29. The molecule has 0 aliphatic carbocycles. The first-order valence-corrected chi connectivity index (χ1v) is 8.26. The number of aliphatic carboxylic acids is 1. The van der Waals surface area contributed by atoms with Gasteiger partial charge in [0.2, 0.25) is 5.91 Å². The summed E-state index contributed by atoms with van der Waals surface area (Å²) in [6.45, 7) is -0.00945. The highest BCUT2D eigenvalue weighted by Crippen LogP contribution is 2.36. The number of thioether (sulfide) groups is 1. The van der Waals surface area contributed by atoms with Gasteiger partial charge in [-0.2, -0.15) is 0 Å². The van der Waals surface area contributed by atoms with Crippen molar-refractivity contribution in [3.8, 4) is 0 Å². The van der Waals surface area contributed by atoms with Crippen LogP contribution in [0.15, 0.2) is 30.5 Å². The van der Waals surface area contributed by atoms with E-state index >= 15 is 0 Å². The van der Waals surface area contributed by atoms with Crippen LogP contribution in [0.5, 0.6) is 0 Å². The fraction of sp³-hybridized carbons (Fsp3) is 0.333. The molecule has 7 nitrogen and oxygen atoms in total. The summed E-state index contributed by atoms with van der Waals surface area (Å²) in [4.78, 5) is 23.0. The quantitative estimate of drug-likeness (QED) is 0.848. The lowest BCUT2D eigenvalue weighted by Gasteiger charge is -2.24.